The number of rotatable bonds is 4. The Labute approximate surface area is 152 Å². The Morgan fingerprint density at radius 2 is 1.69 bits per heavy atom. The molecule has 4 rings (SSSR count). The summed E-state index contributed by atoms with van der Waals surface area (Å²) in [5.41, 5.74) is 3.02. The average Bonchev–Trinajstić information content (AvgIpc) is 3.02. The first-order valence-electron chi connectivity index (χ1n) is 8.65. The summed E-state index contributed by atoms with van der Waals surface area (Å²) in [4.78, 5) is 4.75. The van der Waals surface area contributed by atoms with Crippen LogP contribution in [0.4, 0.5) is 10.3 Å². The van der Waals surface area contributed by atoms with E-state index in [-0.39, 0.29) is 11.9 Å². The molecule has 0 aliphatic rings. The molecule has 3 nitrogen and oxygen atoms in total. The third kappa shape index (κ3) is 3.18. The lowest BCUT2D eigenvalue weighted by Gasteiger charge is -2.14. The average molecular weight is 345 g/mol. The van der Waals surface area contributed by atoms with Crippen LogP contribution >= 0.6 is 0 Å². The smallest absolute Gasteiger partial charge is 0.203 e. The number of nitrogens with zero attached hydrogens (tertiary/aromatic N) is 2. The van der Waals surface area contributed by atoms with Gasteiger partial charge in [-0.15, -0.1) is 0 Å². The summed E-state index contributed by atoms with van der Waals surface area (Å²) in [5.74, 6) is 0.557. The Balaban J connectivity index is 1.61. The summed E-state index contributed by atoms with van der Waals surface area (Å²) in [5, 5.41) is 5.82. The molecule has 0 aliphatic heterocycles. The Morgan fingerprint density at radius 3 is 2.46 bits per heavy atom. The highest BCUT2D eigenvalue weighted by atomic mass is 19.1. The zero-order valence-electron chi connectivity index (χ0n) is 14.8. The number of hydrogen-bond acceptors (Lipinski definition) is 2. The summed E-state index contributed by atoms with van der Waals surface area (Å²) >= 11 is 0. The second-order valence-corrected chi connectivity index (χ2v) is 6.54. The van der Waals surface area contributed by atoms with Gasteiger partial charge in [-0.2, -0.15) is 0 Å². The normalized spacial score (nSPS) is 12.3. The van der Waals surface area contributed by atoms with E-state index in [1.165, 1.54) is 22.9 Å². The Hall–Kier alpha value is -3.14. The van der Waals surface area contributed by atoms with Crippen LogP contribution < -0.4 is 5.32 Å². The van der Waals surface area contributed by atoms with Crippen LogP contribution in [0.3, 0.4) is 0 Å². The maximum absolute atomic E-state index is 13.1. The Bertz CT molecular complexity index is 1050. The summed E-state index contributed by atoms with van der Waals surface area (Å²) in [7, 11) is 1.97. The van der Waals surface area contributed by atoms with Gasteiger partial charge in [-0.1, -0.05) is 48.5 Å². The van der Waals surface area contributed by atoms with Gasteiger partial charge in [0.2, 0.25) is 5.95 Å². The molecule has 0 spiro atoms. The van der Waals surface area contributed by atoms with Crippen molar-refractivity contribution in [1.82, 2.24) is 9.55 Å². The number of benzene rings is 3. The molecule has 4 heteroatoms. The molecule has 0 saturated carbocycles. The van der Waals surface area contributed by atoms with Crippen LogP contribution in [0.15, 0.2) is 72.9 Å². The lowest BCUT2D eigenvalue weighted by molar-refractivity contribution is 0.626. The van der Waals surface area contributed by atoms with Crippen LogP contribution in [-0.4, -0.2) is 9.55 Å². The van der Waals surface area contributed by atoms with E-state index in [4.69, 9.17) is 4.98 Å². The predicted molar refractivity (Wildman–Crippen MR) is 105 cm³/mol. The van der Waals surface area contributed by atoms with E-state index in [1.54, 1.807) is 12.1 Å². The molecule has 1 heterocycles. The number of aryl methyl sites for hydroxylation is 1. The van der Waals surface area contributed by atoms with Gasteiger partial charge in [-0.05, 0) is 41.5 Å². The summed E-state index contributed by atoms with van der Waals surface area (Å²) in [6.45, 7) is 2.04. The van der Waals surface area contributed by atoms with Gasteiger partial charge in [0.1, 0.15) is 5.82 Å². The van der Waals surface area contributed by atoms with E-state index in [1.807, 2.05) is 36.9 Å². The lowest BCUT2D eigenvalue weighted by Crippen LogP contribution is -2.10. The Kier molecular flexibility index (Phi) is 4.17. The molecule has 26 heavy (non-hydrogen) atoms. The monoisotopic (exact) mass is 345 g/mol. The third-order valence-electron chi connectivity index (χ3n) is 4.64. The first-order chi connectivity index (χ1) is 12.6. The molecule has 1 aromatic heterocycles. The van der Waals surface area contributed by atoms with Crippen LogP contribution in [0, 0.1) is 5.82 Å². The van der Waals surface area contributed by atoms with Crippen molar-refractivity contribution in [2.45, 2.75) is 13.0 Å². The summed E-state index contributed by atoms with van der Waals surface area (Å²) in [6.07, 6.45) is 2.02. The van der Waals surface area contributed by atoms with Crippen LogP contribution in [-0.2, 0) is 7.05 Å². The van der Waals surface area contributed by atoms with Crippen LogP contribution in [0.5, 0.6) is 0 Å². The zero-order chi connectivity index (χ0) is 18.1. The van der Waals surface area contributed by atoms with Crippen LogP contribution in [0.1, 0.15) is 18.5 Å². The quantitative estimate of drug-likeness (QED) is 0.525. The number of aromatic nitrogens is 2. The molecule has 3 aromatic carbocycles. The van der Waals surface area contributed by atoms with E-state index in [0.29, 0.717) is 0 Å². The molecular weight excluding hydrogens is 325 g/mol. The van der Waals surface area contributed by atoms with E-state index < -0.39 is 0 Å². The fourth-order valence-electron chi connectivity index (χ4n) is 3.12. The van der Waals surface area contributed by atoms with Gasteiger partial charge in [-0.3, -0.25) is 0 Å². The molecule has 0 bridgehead atoms. The van der Waals surface area contributed by atoms with Crippen molar-refractivity contribution >= 4 is 16.7 Å². The third-order valence-corrected chi connectivity index (χ3v) is 4.64. The Morgan fingerprint density at radius 1 is 0.962 bits per heavy atom. The summed E-state index contributed by atoms with van der Waals surface area (Å²) < 4.78 is 15.1. The molecule has 130 valence electrons. The number of nitrogens with one attached hydrogen (secondary N) is 1. The van der Waals surface area contributed by atoms with Gasteiger partial charge in [0.15, 0.2) is 0 Å². The summed E-state index contributed by atoms with van der Waals surface area (Å²) in [6, 6.07) is 21.2. The SMILES string of the molecule is CC(Nc1nc(-c2ccc3ccccc3c2)cn1C)c1ccc(F)cc1. The van der Waals surface area contributed by atoms with Gasteiger partial charge < -0.3 is 9.88 Å². The first-order valence-corrected chi connectivity index (χ1v) is 8.65. The molecule has 0 fully saturated rings. The number of imidazole rings is 1. The standard InChI is InChI=1S/C22H20FN3/c1-15(16-9-11-20(23)12-10-16)24-22-25-21(14-26(22)2)19-8-7-17-5-3-4-6-18(17)13-19/h3-15H,1-2H3,(H,24,25). The van der Waals surface area contributed by atoms with Crippen molar-refractivity contribution < 1.29 is 4.39 Å². The van der Waals surface area contributed by atoms with Gasteiger partial charge in [0, 0.05) is 18.8 Å². The maximum Gasteiger partial charge on any atom is 0.203 e. The van der Waals surface area contributed by atoms with Crippen molar-refractivity contribution in [2.75, 3.05) is 5.32 Å². The molecule has 1 atom stereocenters. The highest BCUT2D eigenvalue weighted by molar-refractivity contribution is 5.86. The molecule has 1 unspecified atom stereocenters. The van der Waals surface area contributed by atoms with Gasteiger partial charge in [-0.25, -0.2) is 9.37 Å². The van der Waals surface area contributed by atoms with Crippen LogP contribution in [0.2, 0.25) is 0 Å². The molecule has 0 amide bonds. The number of fused-ring (bicyclic) bond motifs is 1. The second kappa shape index (κ2) is 6.64. The van der Waals surface area contributed by atoms with Crippen molar-refractivity contribution in [3.63, 3.8) is 0 Å². The van der Waals surface area contributed by atoms with Gasteiger partial charge in [0.25, 0.3) is 0 Å². The number of hydrogen-bond donors (Lipinski definition) is 1. The zero-order valence-corrected chi connectivity index (χ0v) is 14.8. The van der Waals surface area contributed by atoms with Gasteiger partial charge in [0.05, 0.1) is 11.7 Å². The van der Waals surface area contributed by atoms with Crippen LogP contribution in [0.25, 0.3) is 22.0 Å². The molecule has 0 saturated heterocycles. The molecule has 1 N–H and O–H groups in total. The van der Waals surface area contributed by atoms with E-state index >= 15 is 0 Å². The largest absolute Gasteiger partial charge is 0.349 e. The van der Waals surface area contributed by atoms with E-state index in [2.05, 4.69) is 35.6 Å². The predicted octanol–water partition coefficient (Wildman–Crippen LogP) is 5.55. The highest BCUT2D eigenvalue weighted by Gasteiger charge is 2.12. The minimum absolute atomic E-state index is 0.0288. The fraction of sp³-hybridized carbons (Fsp3) is 0.136. The van der Waals surface area contributed by atoms with Gasteiger partial charge >= 0.3 is 0 Å². The number of anilines is 1. The van der Waals surface area contributed by atoms with Crippen molar-refractivity contribution in [1.29, 1.82) is 0 Å². The van der Waals surface area contributed by atoms with Crippen molar-refractivity contribution in [2.24, 2.45) is 7.05 Å². The second-order valence-electron chi connectivity index (χ2n) is 6.54. The number of halogens is 1. The van der Waals surface area contributed by atoms with E-state index in [0.717, 1.165) is 22.8 Å². The van der Waals surface area contributed by atoms with E-state index in [9.17, 15) is 4.39 Å². The maximum atomic E-state index is 13.1. The highest BCUT2D eigenvalue weighted by Crippen LogP contribution is 2.26. The van der Waals surface area contributed by atoms with Crippen molar-refractivity contribution in [3.8, 4) is 11.3 Å². The molecule has 0 radical (unpaired) electrons. The molecular formula is C22H20FN3. The van der Waals surface area contributed by atoms with Crippen molar-refractivity contribution in [3.05, 3.63) is 84.3 Å². The minimum Gasteiger partial charge on any atom is -0.349 e. The first kappa shape index (κ1) is 16.3. The minimum atomic E-state index is -0.225. The molecule has 0 aliphatic carbocycles. The topological polar surface area (TPSA) is 29.9 Å². The lowest BCUT2D eigenvalue weighted by atomic mass is 10.1. The molecule has 4 aromatic rings. The fourth-order valence-corrected chi connectivity index (χ4v) is 3.12.